The molecule has 4 rings (SSSR count). The molecule has 2 aliphatic rings. The van der Waals surface area contributed by atoms with E-state index in [1.54, 1.807) is 42.2 Å². The third-order valence-corrected chi connectivity index (χ3v) is 5.24. The fourth-order valence-corrected chi connectivity index (χ4v) is 3.71. The number of nitrogens with zero attached hydrogens (tertiary/aromatic N) is 1. The Labute approximate surface area is 162 Å². The number of benzene rings is 1. The Kier molecular flexibility index (Phi) is 5.00. The molecule has 7 heteroatoms. The molecule has 3 heterocycles. The number of carbonyl (C=O) groups excluding carboxylic acids is 2. The maximum Gasteiger partial charge on any atom is 0.349 e. The number of nitrogens with one attached hydrogen (secondary N) is 1. The molecule has 146 valence electrons. The maximum absolute atomic E-state index is 12.6. The van der Waals surface area contributed by atoms with Crippen molar-refractivity contribution in [3.63, 3.8) is 0 Å². The molecule has 2 fully saturated rings. The first-order valence-corrected chi connectivity index (χ1v) is 9.47. The number of hydrogen-bond acceptors (Lipinski definition) is 5. The van der Waals surface area contributed by atoms with Crippen molar-refractivity contribution in [2.75, 3.05) is 30.0 Å². The first kappa shape index (κ1) is 18.4. The van der Waals surface area contributed by atoms with Gasteiger partial charge in [0.05, 0.1) is 6.61 Å². The Morgan fingerprint density at radius 1 is 1.21 bits per heavy atom. The molecular formula is C21H22N2O5. The van der Waals surface area contributed by atoms with Crippen LogP contribution in [0.1, 0.15) is 46.9 Å². The smallest absolute Gasteiger partial charge is 0.349 e. The maximum atomic E-state index is 12.6. The summed E-state index contributed by atoms with van der Waals surface area (Å²) in [5.41, 5.74) is 1.29. The number of ether oxygens (including phenoxy) is 1. The van der Waals surface area contributed by atoms with E-state index in [2.05, 4.69) is 5.32 Å². The van der Waals surface area contributed by atoms with E-state index in [0.29, 0.717) is 43.2 Å². The van der Waals surface area contributed by atoms with Crippen LogP contribution in [-0.2, 0) is 9.53 Å². The van der Waals surface area contributed by atoms with Gasteiger partial charge in [-0.1, -0.05) is 0 Å². The molecule has 0 bridgehead atoms. The molecule has 0 radical (unpaired) electrons. The fourth-order valence-electron chi connectivity index (χ4n) is 3.71. The molecule has 28 heavy (non-hydrogen) atoms. The molecule has 0 aliphatic carbocycles. The van der Waals surface area contributed by atoms with Crippen molar-refractivity contribution < 1.29 is 18.7 Å². The minimum absolute atomic E-state index is 0.00135. The Morgan fingerprint density at radius 2 is 2.00 bits per heavy atom. The first-order chi connectivity index (χ1) is 13.5. The van der Waals surface area contributed by atoms with E-state index < -0.39 is 11.5 Å². The normalized spacial score (nSPS) is 19.2. The highest BCUT2D eigenvalue weighted by Gasteiger charge is 2.24. The van der Waals surface area contributed by atoms with Gasteiger partial charge in [0.15, 0.2) is 0 Å². The molecular weight excluding hydrogens is 360 g/mol. The molecule has 2 amide bonds. The fraction of sp³-hybridized carbons (Fsp3) is 0.381. The van der Waals surface area contributed by atoms with Crippen LogP contribution >= 0.6 is 0 Å². The molecule has 0 spiro atoms. The van der Waals surface area contributed by atoms with Crippen molar-refractivity contribution in [3.8, 4) is 0 Å². The molecule has 2 aliphatic heterocycles. The van der Waals surface area contributed by atoms with Crippen LogP contribution in [0.5, 0.6) is 0 Å². The second-order valence-electron chi connectivity index (χ2n) is 7.20. The number of amides is 2. The van der Waals surface area contributed by atoms with Crippen LogP contribution in [0, 0.1) is 6.92 Å². The zero-order valence-corrected chi connectivity index (χ0v) is 15.7. The number of anilines is 2. The molecule has 1 aromatic heterocycles. The lowest BCUT2D eigenvalue weighted by Crippen LogP contribution is -2.24. The Hall–Kier alpha value is -2.93. The molecule has 1 aromatic carbocycles. The van der Waals surface area contributed by atoms with Crippen molar-refractivity contribution in [1.82, 2.24) is 0 Å². The number of carbonyl (C=O) groups is 2. The van der Waals surface area contributed by atoms with Gasteiger partial charge in [0.1, 0.15) is 11.3 Å². The van der Waals surface area contributed by atoms with Crippen LogP contribution in [0.25, 0.3) is 0 Å². The van der Waals surface area contributed by atoms with Gasteiger partial charge in [0.25, 0.3) is 5.91 Å². The largest absolute Gasteiger partial charge is 0.427 e. The number of rotatable bonds is 4. The highest BCUT2D eigenvalue weighted by atomic mass is 16.5. The van der Waals surface area contributed by atoms with Gasteiger partial charge in [-0.25, -0.2) is 4.79 Å². The van der Waals surface area contributed by atoms with Crippen LogP contribution in [-0.4, -0.2) is 31.6 Å². The van der Waals surface area contributed by atoms with Crippen molar-refractivity contribution in [2.24, 2.45) is 0 Å². The van der Waals surface area contributed by atoms with E-state index in [9.17, 15) is 14.4 Å². The topological polar surface area (TPSA) is 88.8 Å². The van der Waals surface area contributed by atoms with Crippen molar-refractivity contribution in [2.45, 2.75) is 32.1 Å². The Morgan fingerprint density at radius 3 is 2.61 bits per heavy atom. The summed E-state index contributed by atoms with van der Waals surface area (Å²) in [7, 11) is 0. The van der Waals surface area contributed by atoms with Crippen LogP contribution in [0.2, 0.25) is 0 Å². The second kappa shape index (κ2) is 7.59. The highest BCUT2D eigenvalue weighted by molar-refractivity contribution is 6.05. The lowest BCUT2D eigenvalue weighted by molar-refractivity contribution is -0.117. The SMILES string of the molecule is Cc1cc(C2CCOC2)oc(=O)c1C(=O)Nc1ccc(N2CCCC2=O)cc1. The van der Waals surface area contributed by atoms with Crippen LogP contribution in [0.15, 0.2) is 39.5 Å². The third kappa shape index (κ3) is 3.57. The average molecular weight is 382 g/mol. The number of aryl methyl sites for hydroxylation is 1. The summed E-state index contributed by atoms with van der Waals surface area (Å²) in [5.74, 6) is 0.226. The van der Waals surface area contributed by atoms with E-state index in [0.717, 1.165) is 18.5 Å². The average Bonchev–Trinajstić information content (AvgIpc) is 3.33. The molecule has 1 unspecified atom stereocenters. The van der Waals surface area contributed by atoms with Gasteiger partial charge in [0, 0.05) is 36.9 Å². The summed E-state index contributed by atoms with van der Waals surface area (Å²) < 4.78 is 10.7. The minimum Gasteiger partial charge on any atom is -0.427 e. The predicted octanol–water partition coefficient (Wildman–Crippen LogP) is 2.83. The van der Waals surface area contributed by atoms with Crippen LogP contribution in [0.3, 0.4) is 0 Å². The molecule has 0 saturated carbocycles. The van der Waals surface area contributed by atoms with Gasteiger partial charge in [-0.2, -0.15) is 0 Å². The number of hydrogen-bond donors (Lipinski definition) is 1. The van der Waals surface area contributed by atoms with Crippen LogP contribution in [0.4, 0.5) is 11.4 Å². The Bertz CT molecular complexity index is 958. The van der Waals surface area contributed by atoms with E-state index in [1.165, 1.54) is 0 Å². The van der Waals surface area contributed by atoms with E-state index in [4.69, 9.17) is 9.15 Å². The van der Waals surface area contributed by atoms with Gasteiger partial charge in [-0.3, -0.25) is 9.59 Å². The van der Waals surface area contributed by atoms with E-state index in [1.807, 2.05) is 0 Å². The van der Waals surface area contributed by atoms with Crippen molar-refractivity contribution in [1.29, 1.82) is 0 Å². The van der Waals surface area contributed by atoms with Crippen molar-refractivity contribution in [3.05, 3.63) is 57.6 Å². The van der Waals surface area contributed by atoms with E-state index >= 15 is 0 Å². The zero-order chi connectivity index (χ0) is 19.7. The molecule has 1 atom stereocenters. The van der Waals surface area contributed by atoms with Gasteiger partial charge in [-0.15, -0.1) is 0 Å². The van der Waals surface area contributed by atoms with Crippen molar-refractivity contribution >= 4 is 23.2 Å². The van der Waals surface area contributed by atoms with E-state index in [-0.39, 0.29) is 17.4 Å². The van der Waals surface area contributed by atoms with Gasteiger partial charge in [0.2, 0.25) is 5.91 Å². The third-order valence-electron chi connectivity index (χ3n) is 5.24. The summed E-state index contributed by atoms with van der Waals surface area (Å²) in [6, 6.07) is 8.77. The summed E-state index contributed by atoms with van der Waals surface area (Å²) in [6.45, 7) is 3.62. The van der Waals surface area contributed by atoms with Gasteiger partial charge < -0.3 is 19.4 Å². The summed E-state index contributed by atoms with van der Waals surface area (Å²) >= 11 is 0. The summed E-state index contributed by atoms with van der Waals surface area (Å²) in [6.07, 6.45) is 2.23. The first-order valence-electron chi connectivity index (χ1n) is 9.47. The van der Waals surface area contributed by atoms with Crippen LogP contribution < -0.4 is 15.8 Å². The quantitative estimate of drug-likeness (QED) is 0.878. The second-order valence-corrected chi connectivity index (χ2v) is 7.20. The monoisotopic (exact) mass is 382 g/mol. The standard InChI is InChI=1S/C21H22N2O5/c1-13-11-17(14-8-10-27-12-14)28-21(26)19(13)20(25)22-15-4-6-16(7-5-15)23-9-2-3-18(23)24/h4-7,11,14H,2-3,8-10,12H2,1H3,(H,22,25). The predicted molar refractivity (Wildman–Crippen MR) is 104 cm³/mol. The lowest BCUT2D eigenvalue weighted by atomic mass is 10.0. The lowest BCUT2D eigenvalue weighted by Gasteiger charge is -2.16. The van der Waals surface area contributed by atoms with Gasteiger partial charge >= 0.3 is 5.63 Å². The molecule has 1 N–H and O–H groups in total. The molecule has 7 nitrogen and oxygen atoms in total. The summed E-state index contributed by atoms with van der Waals surface area (Å²) in [5, 5.41) is 2.73. The highest BCUT2D eigenvalue weighted by Crippen LogP contribution is 2.26. The zero-order valence-electron chi connectivity index (χ0n) is 15.7. The summed E-state index contributed by atoms with van der Waals surface area (Å²) in [4.78, 5) is 38.6. The molecule has 2 aromatic rings. The van der Waals surface area contributed by atoms with Gasteiger partial charge in [-0.05, 0) is 55.7 Å². The Balaban J connectivity index is 1.50. The minimum atomic E-state index is -0.640. The molecule has 2 saturated heterocycles.